The average Bonchev–Trinajstić information content (AvgIpc) is 2.63. The number of hydrogen-bond donors (Lipinski definition) is 1. The van der Waals surface area contributed by atoms with Crippen LogP contribution in [0.3, 0.4) is 0 Å². The first-order valence-electron chi connectivity index (χ1n) is 4.92. The Hall–Kier alpha value is -1.49. The third kappa shape index (κ3) is 3.63. The molecule has 5 nitrogen and oxygen atoms in total. The molecule has 2 atom stereocenters. The van der Waals surface area contributed by atoms with Crippen molar-refractivity contribution in [2.75, 3.05) is 13.6 Å². The summed E-state index contributed by atoms with van der Waals surface area (Å²) >= 11 is 0. The van der Waals surface area contributed by atoms with Gasteiger partial charge in [0.15, 0.2) is 6.34 Å². The molecule has 5 heteroatoms. The largest absolute Gasteiger partial charge is 0.350 e. The zero-order valence-corrected chi connectivity index (χ0v) is 9.18. The summed E-state index contributed by atoms with van der Waals surface area (Å²) in [5.41, 5.74) is 0. The normalized spacial score (nSPS) is 25.2. The third-order valence-corrected chi connectivity index (χ3v) is 2.29. The van der Waals surface area contributed by atoms with Crippen LogP contribution in [-0.4, -0.2) is 42.8 Å². The minimum Gasteiger partial charge on any atom is -0.350 e. The van der Waals surface area contributed by atoms with Gasteiger partial charge in [-0.3, -0.25) is 4.79 Å². The second-order valence-corrected chi connectivity index (χ2v) is 3.84. The van der Waals surface area contributed by atoms with Crippen LogP contribution in [0.15, 0.2) is 22.7 Å². The molecule has 0 aromatic heterocycles. The Balaban J connectivity index is 2.30. The van der Waals surface area contributed by atoms with Gasteiger partial charge in [-0.15, -0.1) is 0 Å². The summed E-state index contributed by atoms with van der Waals surface area (Å²) in [4.78, 5) is 15.0. The Labute approximate surface area is 89.8 Å². The van der Waals surface area contributed by atoms with E-state index in [0.29, 0.717) is 4.59 Å². The molecule has 1 amide bonds. The molecule has 0 fully saturated rings. The lowest BCUT2D eigenvalue weighted by atomic mass is 10.2. The third-order valence-electron chi connectivity index (χ3n) is 2.29. The summed E-state index contributed by atoms with van der Waals surface area (Å²) in [6.07, 6.45) is 5.46. The zero-order valence-electron chi connectivity index (χ0n) is 9.18. The monoisotopic (exact) mass is 209 g/mol. The fourth-order valence-electron chi connectivity index (χ4n) is 1.30. The van der Waals surface area contributed by atoms with E-state index in [2.05, 4.69) is 22.0 Å². The molecule has 1 aliphatic heterocycles. The Bertz CT molecular complexity index is 297. The van der Waals surface area contributed by atoms with Gasteiger partial charge >= 0.3 is 0 Å². The minimum atomic E-state index is -0.135. The van der Waals surface area contributed by atoms with Crippen LogP contribution in [-0.2, 0) is 4.79 Å². The zero-order chi connectivity index (χ0) is 11.3. The number of aliphatic imine (C=N–C) groups is 1. The van der Waals surface area contributed by atoms with Crippen molar-refractivity contribution < 1.29 is 9.39 Å². The van der Waals surface area contributed by atoms with Crippen molar-refractivity contribution in [3.63, 3.8) is 0 Å². The molecule has 1 aliphatic rings. The summed E-state index contributed by atoms with van der Waals surface area (Å²) in [5, 5.41) is 7.00. The highest BCUT2D eigenvalue weighted by molar-refractivity contribution is 5.87. The van der Waals surface area contributed by atoms with E-state index in [4.69, 9.17) is 0 Å². The van der Waals surface area contributed by atoms with E-state index in [-0.39, 0.29) is 11.9 Å². The van der Waals surface area contributed by atoms with Gasteiger partial charge in [0, 0.05) is 12.5 Å². The number of carbonyl (C=O) groups excluding carboxylic acids is 1. The van der Waals surface area contributed by atoms with E-state index in [9.17, 15) is 4.79 Å². The molecule has 0 bridgehead atoms. The smallest absolute Gasteiger partial charge is 0.243 e. The molecule has 0 aliphatic carbocycles. The first kappa shape index (κ1) is 11.6. The Morgan fingerprint density at radius 3 is 3.00 bits per heavy atom. The average molecular weight is 209 g/mol. The van der Waals surface area contributed by atoms with Gasteiger partial charge < -0.3 is 5.32 Å². The Morgan fingerprint density at radius 2 is 2.47 bits per heavy atom. The molecule has 0 saturated heterocycles. The number of rotatable bonds is 5. The van der Waals surface area contributed by atoms with E-state index in [1.54, 1.807) is 12.7 Å². The lowest BCUT2D eigenvalue weighted by molar-refractivity contribution is -0.818. The summed E-state index contributed by atoms with van der Waals surface area (Å²) < 4.78 is 0.453. The molecule has 1 heterocycles. The van der Waals surface area contributed by atoms with E-state index in [1.807, 2.05) is 14.0 Å². The molecular formula is C10H17N4O+. The number of carbonyl (C=O) groups is 1. The summed E-state index contributed by atoms with van der Waals surface area (Å²) in [6, 6.07) is 0.120. The molecule has 0 spiro atoms. The molecular weight excluding hydrogens is 192 g/mol. The maximum absolute atomic E-state index is 11.0. The fraction of sp³-hybridized carbons (Fsp3) is 0.500. The van der Waals surface area contributed by atoms with Crippen molar-refractivity contribution in [3.8, 4) is 0 Å². The highest BCUT2D eigenvalue weighted by Gasteiger charge is 2.22. The molecule has 1 N–H and O–H groups in total. The van der Waals surface area contributed by atoms with Crippen molar-refractivity contribution in [1.29, 1.82) is 0 Å². The summed E-state index contributed by atoms with van der Waals surface area (Å²) in [7, 11) is 1.97. The predicted octanol–water partition coefficient (Wildman–Crippen LogP) is 0.499. The molecule has 15 heavy (non-hydrogen) atoms. The van der Waals surface area contributed by atoms with Crippen LogP contribution in [0.25, 0.3) is 0 Å². The van der Waals surface area contributed by atoms with Gasteiger partial charge in [0.05, 0.1) is 7.05 Å². The highest BCUT2D eigenvalue weighted by atomic mass is 16.1. The first-order chi connectivity index (χ1) is 7.06. The maximum atomic E-state index is 11.0. The second-order valence-electron chi connectivity index (χ2n) is 3.84. The quantitative estimate of drug-likeness (QED) is 0.520. The highest BCUT2D eigenvalue weighted by Crippen LogP contribution is 2.07. The molecule has 0 aromatic rings. The van der Waals surface area contributed by atoms with Crippen LogP contribution in [0.2, 0.25) is 0 Å². The van der Waals surface area contributed by atoms with Crippen LogP contribution < -0.4 is 5.32 Å². The van der Waals surface area contributed by atoms with Crippen LogP contribution in [0.4, 0.5) is 0 Å². The molecule has 0 aromatic carbocycles. The van der Waals surface area contributed by atoms with Gasteiger partial charge in [-0.05, 0) is 13.0 Å². The standard InChI is InChI=1S/C10H16N4O/c1-4-10(15)13-9(2)5-6-14(3)8-11-7-12-14/h4,7-9H,1,5-6H2,2-3H3/p+1. The van der Waals surface area contributed by atoms with E-state index in [1.165, 1.54) is 6.08 Å². The number of hydrogen-bond acceptors (Lipinski definition) is 3. The van der Waals surface area contributed by atoms with Crippen molar-refractivity contribution >= 4 is 18.6 Å². The van der Waals surface area contributed by atoms with Crippen LogP contribution >= 0.6 is 0 Å². The van der Waals surface area contributed by atoms with E-state index < -0.39 is 0 Å². The van der Waals surface area contributed by atoms with Crippen LogP contribution in [0.1, 0.15) is 13.3 Å². The van der Waals surface area contributed by atoms with Crippen molar-refractivity contribution in [1.82, 2.24) is 5.32 Å². The molecule has 0 saturated carbocycles. The maximum Gasteiger partial charge on any atom is 0.243 e. The van der Waals surface area contributed by atoms with Crippen molar-refractivity contribution in [2.24, 2.45) is 10.1 Å². The number of quaternary nitrogens is 1. The Morgan fingerprint density at radius 1 is 1.73 bits per heavy atom. The van der Waals surface area contributed by atoms with Gasteiger partial charge in [-0.1, -0.05) is 11.7 Å². The molecule has 82 valence electrons. The summed E-state index contributed by atoms with van der Waals surface area (Å²) in [6.45, 7) is 6.19. The summed E-state index contributed by atoms with van der Waals surface area (Å²) in [5.74, 6) is -0.135. The van der Waals surface area contributed by atoms with Gasteiger partial charge in [-0.25, -0.2) is 0 Å². The SMILES string of the molecule is C=CC(=O)NC(C)CC[N+]1(C)C=NC=N1. The molecule has 1 rings (SSSR count). The van der Waals surface area contributed by atoms with E-state index >= 15 is 0 Å². The van der Waals surface area contributed by atoms with Gasteiger partial charge in [0.25, 0.3) is 0 Å². The molecule has 2 unspecified atom stereocenters. The lowest BCUT2D eigenvalue weighted by Gasteiger charge is -2.21. The van der Waals surface area contributed by atoms with Crippen LogP contribution in [0.5, 0.6) is 0 Å². The van der Waals surface area contributed by atoms with Crippen molar-refractivity contribution in [3.05, 3.63) is 12.7 Å². The van der Waals surface area contributed by atoms with E-state index in [0.717, 1.165) is 13.0 Å². The van der Waals surface area contributed by atoms with Gasteiger partial charge in [-0.2, -0.15) is 9.58 Å². The predicted molar refractivity (Wildman–Crippen MR) is 60.5 cm³/mol. The topological polar surface area (TPSA) is 53.8 Å². The second kappa shape index (κ2) is 4.84. The minimum absolute atomic E-state index is 0.120. The van der Waals surface area contributed by atoms with Crippen LogP contribution in [0, 0.1) is 0 Å². The number of nitrogens with one attached hydrogen (secondary N) is 1. The molecule has 0 radical (unpaired) electrons. The fourth-order valence-corrected chi connectivity index (χ4v) is 1.30. The first-order valence-corrected chi connectivity index (χ1v) is 4.92. The van der Waals surface area contributed by atoms with Crippen molar-refractivity contribution in [2.45, 2.75) is 19.4 Å². The number of nitrogens with zero attached hydrogens (tertiary/aromatic N) is 3. The lowest BCUT2D eigenvalue weighted by Crippen LogP contribution is -2.40. The van der Waals surface area contributed by atoms with Gasteiger partial charge in [0.1, 0.15) is 6.54 Å². The Kier molecular flexibility index (Phi) is 3.74. The van der Waals surface area contributed by atoms with Gasteiger partial charge in [0.2, 0.25) is 12.2 Å². The number of amides is 1.